The van der Waals surface area contributed by atoms with Crippen LogP contribution in [0.3, 0.4) is 0 Å². The zero-order chi connectivity index (χ0) is 89.1. The lowest BCUT2D eigenvalue weighted by atomic mass is 9.57. The first kappa shape index (κ1) is 86.9. The Balaban J connectivity index is 0.000000119. The molecule has 4 fully saturated rings. The molecule has 24 heteroatoms. The fourth-order valence-electron chi connectivity index (χ4n) is 21.5. The predicted octanol–water partition coefficient (Wildman–Crippen LogP) is 22.2. The molecule has 8 aliphatic carbocycles. The van der Waals surface area contributed by atoms with Crippen molar-refractivity contribution in [1.82, 2.24) is 39.1 Å². The van der Waals surface area contributed by atoms with Crippen LogP contribution in [0.5, 0.6) is 23.0 Å². The van der Waals surface area contributed by atoms with Crippen molar-refractivity contribution in [1.29, 1.82) is 0 Å². The molecule has 0 saturated heterocycles. The monoisotopic (exact) mass is 1730 g/mol. The van der Waals surface area contributed by atoms with Gasteiger partial charge in [-0.2, -0.15) is 24.8 Å². The second kappa shape index (κ2) is 35.2. The minimum absolute atomic E-state index is 0.0347. The molecule has 8 aliphatic rings. The molecular formula is C103H100F8N8O8. The third-order valence-electron chi connectivity index (χ3n) is 28.5. The van der Waals surface area contributed by atoms with Crippen molar-refractivity contribution in [2.75, 3.05) is 6.61 Å². The summed E-state index contributed by atoms with van der Waals surface area (Å²) in [6.45, 7) is 12.5. The molecule has 0 bridgehead atoms. The number of ether oxygens (including phenoxy) is 1. The normalized spacial score (nSPS) is 23.3. The van der Waals surface area contributed by atoms with E-state index in [0.29, 0.717) is 17.5 Å². The van der Waals surface area contributed by atoms with Crippen LogP contribution in [0.4, 0.5) is 35.1 Å². The number of benzene rings is 8. The number of allylic oxidation sites excluding steroid dienone is 4. The van der Waals surface area contributed by atoms with E-state index in [1.165, 1.54) is 83.4 Å². The molecule has 4 heterocycles. The van der Waals surface area contributed by atoms with E-state index in [-0.39, 0.29) is 86.9 Å². The van der Waals surface area contributed by atoms with E-state index >= 15 is 0 Å². The van der Waals surface area contributed by atoms with Crippen molar-refractivity contribution in [2.45, 2.75) is 155 Å². The molecule has 0 radical (unpaired) electrons. The van der Waals surface area contributed by atoms with Gasteiger partial charge in [-0.25, -0.2) is 49.5 Å². The highest BCUT2D eigenvalue weighted by molar-refractivity contribution is 5.66. The number of hydrogen-bond acceptors (Lipinski definition) is 12. The maximum Gasteiger partial charge on any atom is 0.200 e. The summed E-state index contributed by atoms with van der Waals surface area (Å²) in [6, 6.07) is 42.7. The topological polar surface area (TPSA) is 222 Å². The summed E-state index contributed by atoms with van der Waals surface area (Å²) < 4.78 is 121. The Kier molecular flexibility index (Phi) is 24.1. The highest BCUT2D eigenvalue weighted by Crippen LogP contribution is 2.60. The standard InChI is InChI=1S/C28H28F2N2O2.C25H23F3N2O2.C25H24F2N2O2.C25H25FN2O2/c1-3-13-34-26-14-18(7-12-24(26)30)27(33)23-6-4-5-20-15-25-19(16-28(20,23)2)17-31-32(25)22-10-8-21(29)9-11-22;1-25-12-15-13-29-30(18-7-5-17(26)6-8-18)21(15)11-16(25)3-2-4-19(25)24(32)14-9-20(27)23(28)22(31)10-14;1-25-13-16-14-28-29(19-8-6-18(26)7-9-19)22(16)12-17(25)3-2-4-20(25)24(31)15-5-10-21(27)23(30)11-15;1-25-14-17-15-27-28(20-9-7-19(26)8-10-20)23(17)13-18(25)3-2-4-22(25)24(30)16-5-11-21(29)12-6-16/h3,7-12,14-15,17,23,27,33H,1,4-6,13,16H2,2H3;5-11,13,19,24,31-32H,2-4,12H2,1H3;5-12,14,20,24,30-31H,2-4,13H2,1H3;5-13,15,22,24,29-30H,2-4,14H2,1H3/t23-,27+,28+;19-,24+,25+;20-,24+,25+;22-,24+,25+/m1111/s1. The van der Waals surface area contributed by atoms with Crippen molar-refractivity contribution in [3.63, 3.8) is 0 Å². The number of halogens is 8. The molecule has 0 amide bonds. The van der Waals surface area contributed by atoms with E-state index in [4.69, 9.17) is 4.74 Å². The van der Waals surface area contributed by atoms with Gasteiger partial charge in [0.25, 0.3) is 0 Å². The number of hydrogen-bond donors (Lipinski definition) is 7. The third kappa shape index (κ3) is 16.7. The number of aromatic hydroxyl groups is 3. The summed E-state index contributed by atoms with van der Waals surface area (Å²) in [5.41, 5.74) is 17.7. The van der Waals surface area contributed by atoms with Crippen LogP contribution in [0.25, 0.3) is 47.1 Å². The summed E-state index contributed by atoms with van der Waals surface area (Å²) in [4.78, 5) is 0. The first-order chi connectivity index (χ1) is 61.0. The Morgan fingerprint density at radius 1 is 0.370 bits per heavy atom. The van der Waals surface area contributed by atoms with Crippen LogP contribution in [0.1, 0.15) is 196 Å². The molecule has 8 aromatic carbocycles. The van der Waals surface area contributed by atoms with Crippen molar-refractivity contribution >= 4 is 24.3 Å². The molecular weight excluding hydrogens is 1630 g/mol. The number of nitrogens with zero attached hydrogens (tertiary/aromatic N) is 8. The molecule has 4 aromatic heterocycles. The number of aliphatic hydroxyl groups is 4. The highest BCUT2D eigenvalue weighted by Gasteiger charge is 2.51. The Morgan fingerprint density at radius 3 is 0.992 bits per heavy atom. The van der Waals surface area contributed by atoms with E-state index in [2.05, 4.69) is 79.0 Å². The zero-order valence-electron chi connectivity index (χ0n) is 70.8. The molecule has 20 rings (SSSR count). The number of fused-ring (bicyclic) bond motifs is 8. The molecule has 7 N–H and O–H groups in total. The van der Waals surface area contributed by atoms with Crippen LogP contribution in [0.2, 0.25) is 0 Å². The van der Waals surface area contributed by atoms with Crippen LogP contribution >= 0.6 is 0 Å². The molecule has 12 atom stereocenters. The third-order valence-corrected chi connectivity index (χ3v) is 28.5. The summed E-state index contributed by atoms with van der Waals surface area (Å²) in [6.07, 6.45) is 28.3. The van der Waals surface area contributed by atoms with Gasteiger partial charge in [-0.1, -0.05) is 86.9 Å². The second-order valence-corrected chi connectivity index (χ2v) is 36.0. The van der Waals surface area contributed by atoms with Gasteiger partial charge in [0.1, 0.15) is 35.6 Å². The summed E-state index contributed by atoms with van der Waals surface area (Å²) >= 11 is 0. The lowest BCUT2D eigenvalue weighted by Crippen LogP contribution is -2.40. The van der Waals surface area contributed by atoms with Crippen molar-refractivity contribution < 1.29 is 75.6 Å². The van der Waals surface area contributed by atoms with E-state index < -0.39 is 64.6 Å². The van der Waals surface area contributed by atoms with Crippen LogP contribution in [-0.4, -0.2) is 81.5 Å². The quantitative estimate of drug-likeness (QED) is 0.0376. The van der Waals surface area contributed by atoms with Crippen LogP contribution in [0.15, 0.2) is 230 Å². The maximum atomic E-state index is 14.2. The molecule has 0 aliphatic heterocycles. The van der Waals surface area contributed by atoms with Gasteiger partial charge in [0, 0.05) is 0 Å². The van der Waals surface area contributed by atoms with Gasteiger partial charge >= 0.3 is 0 Å². The van der Waals surface area contributed by atoms with Crippen LogP contribution in [-0.2, 0) is 25.7 Å². The lowest BCUT2D eigenvalue weighted by molar-refractivity contribution is 0.0211. The molecule has 0 spiro atoms. The molecule has 12 aromatic rings. The fraction of sp³-hybridized carbons (Fsp3) is 0.320. The predicted molar refractivity (Wildman–Crippen MR) is 469 cm³/mol. The van der Waals surface area contributed by atoms with Crippen LogP contribution in [0, 0.1) is 91.9 Å². The average molecular weight is 1730 g/mol. The lowest BCUT2D eigenvalue weighted by Gasteiger charge is -2.47. The van der Waals surface area contributed by atoms with Gasteiger partial charge in [-0.05, 0) is 362 Å². The Morgan fingerprint density at radius 2 is 0.669 bits per heavy atom. The highest BCUT2D eigenvalue weighted by atomic mass is 19.2. The summed E-state index contributed by atoms with van der Waals surface area (Å²) in [5.74, 6) is -5.95. The summed E-state index contributed by atoms with van der Waals surface area (Å²) in [5, 5.41) is 92.4. The molecule has 4 saturated carbocycles. The first-order valence-electron chi connectivity index (χ1n) is 43.4. The van der Waals surface area contributed by atoms with Gasteiger partial charge in [0.2, 0.25) is 0 Å². The first-order valence-corrected chi connectivity index (χ1v) is 43.4. The van der Waals surface area contributed by atoms with E-state index in [0.717, 1.165) is 187 Å². The Bertz CT molecular complexity index is 6220. The van der Waals surface area contributed by atoms with Gasteiger partial charge in [0.15, 0.2) is 40.5 Å². The smallest absolute Gasteiger partial charge is 0.200 e. The van der Waals surface area contributed by atoms with Gasteiger partial charge in [-0.3, -0.25) is 0 Å². The van der Waals surface area contributed by atoms with Gasteiger partial charge in [0.05, 0.1) is 94.7 Å². The number of phenolic OH excluding ortho intramolecular Hbond substituents is 3. The van der Waals surface area contributed by atoms with Crippen molar-refractivity contribution in [3.05, 3.63) is 343 Å². The Labute approximate surface area is 731 Å². The average Bonchev–Trinajstić information content (AvgIpc) is 1.72. The van der Waals surface area contributed by atoms with E-state index in [1.807, 2.05) is 44.8 Å². The number of rotatable bonds is 15. The molecule has 656 valence electrons. The molecule has 127 heavy (non-hydrogen) atoms. The number of aliphatic hydroxyl groups excluding tert-OH is 4. The SMILES string of the molecule is C=CCOc1cc([C@H](O)[C@H]2CCCC3=Cc4c(cnn4-c4ccc(F)cc4)C[C@@]32C)ccc1F.C[C@]12Cc3cnn(-c4ccc(F)cc4)c3C=C1CCC[C@@H]2[C@@H](O)c1cc(O)c(F)c(F)c1.C[C@]12Cc3cnn(-c4ccc(F)cc4)c3C=C1CCC[C@@H]2[C@@H](O)c1ccc(F)c(O)c1.C[C@]12Cc3cnn(-c4ccc(F)cc4)c3C=C1CCC[C@@H]2[C@@H](O)c1ccc(O)cc1. The zero-order valence-corrected chi connectivity index (χ0v) is 70.8. The molecule has 16 nitrogen and oxygen atoms in total. The van der Waals surface area contributed by atoms with Gasteiger partial charge < -0.3 is 40.5 Å². The van der Waals surface area contributed by atoms with Crippen molar-refractivity contribution in [2.24, 2.45) is 45.3 Å². The van der Waals surface area contributed by atoms with E-state index in [1.54, 1.807) is 95.8 Å². The van der Waals surface area contributed by atoms with E-state index in [9.17, 15) is 70.9 Å². The van der Waals surface area contributed by atoms with Crippen molar-refractivity contribution in [3.8, 4) is 45.7 Å². The van der Waals surface area contributed by atoms with Crippen LogP contribution < -0.4 is 4.74 Å². The minimum Gasteiger partial charge on any atom is -0.508 e. The largest absolute Gasteiger partial charge is 0.508 e. The number of aromatic nitrogens is 8. The fourth-order valence-corrected chi connectivity index (χ4v) is 21.5. The summed E-state index contributed by atoms with van der Waals surface area (Å²) in [7, 11) is 0. The minimum atomic E-state index is -1.31. The maximum absolute atomic E-state index is 14.2. The Hall–Kier alpha value is -12.2. The molecule has 0 unspecified atom stereocenters. The number of phenols is 3. The van der Waals surface area contributed by atoms with Gasteiger partial charge in [-0.15, -0.1) is 0 Å². The second-order valence-electron chi connectivity index (χ2n) is 36.0.